The molecule has 3 N–H and O–H groups in total. The van der Waals surface area contributed by atoms with Gasteiger partial charge in [0, 0.05) is 24.3 Å². The molecule has 1 saturated heterocycles. The summed E-state index contributed by atoms with van der Waals surface area (Å²) in [5.41, 5.74) is 7.49. The zero-order valence-electron chi connectivity index (χ0n) is 17.2. The molecule has 1 aliphatic heterocycles. The van der Waals surface area contributed by atoms with Crippen LogP contribution in [0.4, 0.5) is 18.9 Å². The molecule has 1 aliphatic rings. The van der Waals surface area contributed by atoms with E-state index in [1.54, 1.807) is 0 Å². The number of hydrogen-bond acceptors (Lipinski definition) is 4. The Hall–Kier alpha value is -2.94. The molecule has 31 heavy (non-hydrogen) atoms. The monoisotopic (exact) mass is 437 g/mol. The molecule has 0 aromatic heterocycles. The van der Waals surface area contributed by atoms with Crippen molar-refractivity contribution in [3.63, 3.8) is 0 Å². The number of aliphatic imine (C=N–C) groups is 1. The van der Waals surface area contributed by atoms with Crippen LogP contribution in [0.15, 0.2) is 53.5 Å². The molecule has 0 saturated carbocycles. The average Bonchev–Trinajstić information content (AvgIpc) is 2.74. The Kier molecular flexibility index (Phi) is 7.27. The van der Waals surface area contributed by atoms with Gasteiger partial charge < -0.3 is 25.3 Å². The van der Waals surface area contributed by atoms with Gasteiger partial charge in [0.1, 0.15) is 11.5 Å². The number of nitrogens with one attached hydrogen (secondary N) is 1. The number of nitrogens with zero attached hydrogens (tertiary/aromatic N) is 1. The molecule has 0 aliphatic carbocycles. The van der Waals surface area contributed by atoms with Crippen molar-refractivity contribution in [1.29, 1.82) is 0 Å². The quantitative estimate of drug-likeness (QED) is 0.494. The van der Waals surface area contributed by atoms with E-state index < -0.39 is 6.36 Å². The van der Waals surface area contributed by atoms with E-state index in [2.05, 4.69) is 27.2 Å². The third-order valence-electron chi connectivity index (χ3n) is 5.14. The Morgan fingerprint density at radius 2 is 1.68 bits per heavy atom. The van der Waals surface area contributed by atoms with Crippen LogP contribution in [0.1, 0.15) is 25.3 Å². The van der Waals surface area contributed by atoms with Crippen molar-refractivity contribution >= 4 is 11.6 Å². The number of anilines is 1. The van der Waals surface area contributed by atoms with Crippen LogP contribution in [0, 0.1) is 0 Å². The maximum atomic E-state index is 12.3. The molecule has 0 radical (unpaired) electrons. The lowest BCUT2D eigenvalue weighted by Crippen LogP contribution is -2.38. The molecule has 168 valence electrons. The van der Waals surface area contributed by atoms with Crippen LogP contribution in [0.2, 0.25) is 0 Å². The Morgan fingerprint density at radius 1 is 1.06 bits per heavy atom. The first kappa shape index (κ1) is 22.7. The van der Waals surface area contributed by atoms with E-state index in [-0.39, 0.29) is 17.1 Å². The van der Waals surface area contributed by atoms with Crippen molar-refractivity contribution in [3.8, 4) is 11.5 Å². The summed E-state index contributed by atoms with van der Waals surface area (Å²) in [7, 11) is 0. The molecule has 0 amide bonds. The molecule has 1 fully saturated rings. The number of rotatable bonds is 7. The topological polar surface area (TPSA) is 78.1 Å². The highest BCUT2D eigenvalue weighted by Crippen LogP contribution is 2.36. The van der Waals surface area contributed by atoms with E-state index >= 15 is 0 Å². The number of alkyl halides is 3. The summed E-state index contributed by atoms with van der Waals surface area (Å²) in [6.07, 6.45) is -3.11. The molecule has 9 heteroatoms. The molecular formula is C22H26F3N3O3. The summed E-state index contributed by atoms with van der Waals surface area (Å²) in [6.45, 7) is 4.27. The second-order valence-electron chi connectivity index (χ2n) is 7.25. The number of benzene rings is 2. The van der Waals surface area contributed by atoms with E-state index in [1.165, 1.54) is 24.3 Å². The van der Waals surface area contributed by atoms with Gasteiger partial charge in [-0.1, -0.05) is 12.1 Å². The molecule has 0 atom stereocenters. The Morgan fingerprint density at radius 3 is 2.26 bits per heavy atom. The standard InChI is InChI=1S/C22H26F3N3O3/c1-2-30-18-7-3-16(4-8-18)21(11-13-29-14-12-21)15-27-20(26)28-17-5-9-19(10-6-17)31-22(23,24)25/h3-10H,2,11-15H2,1H3,(H3,26,27,28). The van der Waals surface area contributed by atoms with Gasteiger partial charge in [0.05, 0.1) is 13.2 Å². The van der Waals surface area contributed by atoms with Crippen LogP contribution in [-0.2, 0) is 10.2 Å². The predicted molar refractivity (Wildman–Crippen MR) is 113 cm³/mol. The Balaban J connectivity index is 1.68. The molecule has 0 spiro atoms. The second kappa shape index (κ2) is 9.91. The van der Waals surface area contributed by atoms with Gasteiger partial charge in [0.15, 0.2) is 5.96 Å². The van der Waals surface area contributed by atoms with E-state index in [9.17, 15) is 13.2 Å². The van der Waals surface area contributed by atoms with Crippen LogP contribution in [0.25, 0.3) is 0 Å². The molecule has 1 heterocycles. The summed E-state index contributed by atoms with van der Waals surface area (Å²) >= 11 is 0. The maximum absolute atomic E-state index is 12.3. The molecule has 0 unspecified atom stereocenters. The molecule has 2 aromatic rings. The predicted octanol–water partition coefficient (Wildman–Crippen LogP) is 4.46. The highest BCUT2D eigenvalue weighted by Gasteiger charge is 2.34. The first-order valence-corrected chi connectivity index (χ1v) is 10.0. The smallest absolute Gasteiger partial charge is 0.494 e. The van der Waals surface area contributed by atoms with Gasteiger partial charge in [0.2, 0.25) is 0 Å². The number of hydrogen-bond donors (Lipinski definition) is 2. The summed E-state index contributed by atoms with van der Waals surface area (Å²) < 4.78 is 51.8. The highest BCUT2D eigenvalue weighted by molar-refractivity contribution is 5.92. The average molecular weight is 437 g/mol. The van der Waals surface area contributed by atoms with Crippen molar-refractivity contribution in [2.75, 3.05) is 31.7 Å². The minimum Gasteiger partial charge on any atom is -0.494 e. The number of nitrogens with two attached hydrogens (primary N) is 1. The van der Waals surface area contributed by atoms with Gasteiger partial charge in [-0.3, -0.25) is 4.99 Å². The number of ether oxygens (including phenoxy) is 3. The second-order valence-corrected chi connectivity index (χ2v) is 7.25. The zero-order valence-corrected chi connectivity index (χ0v) is 17.2. The van der Waals surface area contributed by atoms with E-state index in [1.807, 2.05) is 19.1 Å². The lowest BCUT2D eigenvalue weighted by molar-refractivity contribution is -0.274. The van der Waals surface area contributed by atoms with E-state index in [0.717, 1.165) is 24.2 Å². The first-order chi connectivity index (χ1) is 14.8. The lowest BCUT2D eigenvalue weighted by Gasteiger charge is -2.36. The first-order valence-electron chi connectivity index (χ1n) is 10.0. The van der Waals surface area contributed by atoms with Crippen molar-refractivity contribution in [2.45, 2.75) is 31.5 Å². The lowest BCUT2D eigenvalue weighted by atomic mass is 9.74. The van der Waals surface area contributed by atoms with Gasteiger partial charge in [-0.25, -0.2) is 0 Å². The fourth-order valence-corrected chi connectivity index (χ4v) is 3.54. The normalized spacial score (nSPS) is 16.6. The largest absolute Gasteiger partial charge is 0.573 e. The number of halogens is 3. The summed E-state index contributed by atoms with van der Waals surface area (Å²) in [6, 6.07) is 13.3. The van der Waals surface area contributed by atoms with E-state index in [4.69, 9.17) is 15.2 Å². The molecule has 0 bridgehead atoms. The fraction of sp³-hybridized carbons (Fsp3) is 0.409. The van der Waals surface area contributed by atoms with Crippen LogP contribution in [0.5, 0.6) is 11.5 Å². The number of guanidine groups is 1. The minimum atomic E-state index is -4.73. The SMILES string of the molecule is CCOc1ccc(C2(CN=C(N)Nc3ccc(OC(F)(F)F)cc3)CCOCC2)cc1. The van der Waals surface area contributed by atoms with Crippen molar-refractivity contribution in [1.82, 2.24) is 0 Å². The third-order valence-corrected chi connectivity index (χ3v) is 5.14. The van der Waals surface area contributed by atoms with Gasteiger partial charge >= 0.3 is 6.36 Å². The minimum absolute atomic E-state index is 0.182. The van der Waals surface area contributed by atoms with Gasteiger partial charge in [-0.15, -0.1) is 13.2 Å². The van der Waals surface area contributed by atoms with Gasteiger partial charge in [-0.2, -0.15) is 0 Å². The third kappa shape index (κ3) is 6.52. The molecule has 6 nitrogen and oxygen atoms in total. The Labute approximate surface area is 179 Å². The van der Waals surface area contributed by atoms with Crippen molar-refractivity contribution in [2.24, 2.45) is 10.7 Å². The summed E-state index contributed by atoms with van der Waals surface area (Å²) in [4.78, 5) is 4.52. The van der Waals surface area contributed by atoms with Crippen LogP contribution >= 0.6 is 0 Å². The van der Waals surface area contributed by atoms with Crippen LogP contribution < -0.4 is 20.5 Å². The van der Waals surface area contributed by atoms with Crippen LogP contribution in [-0.4, -0.2) is 38.7 Å². The molecular weight excluding hydrogens is 411 g/mol. The van der Waals surface area contributed by atoms with Crippen LogP contribution in [0.3, 0.4) is 0 Å². The zero-order chi connectivity index (χ0) is 22.3. The fourth-order valence-electron chi connectivity index (χ4n) is 3.54. The summed E-state index contributed by atoms with van der Waals surface area (Å²) in [5.74, 6) is 0.697. The Bertz CT molecular complexity index is 862. The maximum Gasteiger partial charge on any atom is 0.573 e. The van der Waals surface area contributed by atoms with Gasteiger partial charge in [0.25, 0.3) is 0 Å². The summed E-state index contributed by atoms with van der Waals surface area (Å²) in [5, 5.41) is 2.91. The van der Waals surface area contributed by atoms with Crippen molar-refractivity contribution in [3.05, 3.63) is 54.1 Å². The highest BCUT2D eigenvalue weighted by atomic mass is 19.4. The van der Waals surface area contributed by atoms with Gasteiger partial charge in [-0.05, 0) is 61.7 Å². The van der Waals surface area contributed by atoms with Crippen molar-refractivity contribution < 1.29 is 27.4 Å². The van der Waals surface area contributed by atoms with E-state index in [0.29, 0.717) is 32.1 Å². The molecule has 2 aromatic carbocycles. The molecule has 3 rings (SSSR count).